The van der Waals surface area contributed by atoms with Crippen molar-refractivity contribution in [3.63, 3.8) is 0 Å². The van der Waals surface area contributed by atoms with Crippen molar-refractivity contribution in [1.29, 1.82) is 0 Å². The van der Waals surface area contributed by atoms with Gasteiger partial charge in [0.05, 0.1) is 13.2 Å². The first-order chi connectivity index (χ1) is 24.4. The van der Waals surface area contributed by atoms with Gasteiger partial charge in [0.15, 0.2) is 0 Å². The van der Waals surface area contributed by atoms with E-state index in [-0.39, 0.29) is 0 Å². The normalized spacial score (nSPS) is 12.3. The maximum atomic E-state index is 13.8. The van der Waals surface area contributed by atoms with Gasteiger partial charge in [0.1, 0.15) is 14.3 Å². The first-order valence-electron chi connectivity index (χ1n) is 22.2. The molecule has 0 aliphatic rings. The van der Waals surface area contributed by atoms with Crippen molar-refractivity contribution in [2.75, 3.05) is 76.7 Å². The minimum absolute atomic E-state index is 0.619. The zero-order valence-corrected chi connectivity index (χ0v) is 36.2. The van der Waals surface area contributed by atoms with Gasteiger partial charge in [-0.3, -0.25) is 0 Å². The zero-order chi connectivity index (χ0) is 36.7. The van der Waals surface area contributed by atoms with Crippen LogP contribution in [0.5, 0.6) is 0 Å². The van der Waals surface area contributed by atoms with Gasteiger partial charge in [0, 0.05) is 50.4 Å². The van der Waals surface area contributed by atoms with E-state index in [2.05, 4.69) is 38.3 Å². The Morgan fingerprint density at radius 2 is 0.600 bits per heavy atom. The molecule has 302 valence electrons. The smallest absolute Gasteiger partial charge is 0.101 e. The Labute approximate surface area is 314 Å². The third-order valence-corrected chi connectivity index (χ3v) is 16.3. The van der Waals surface area contributed by atoms with Gasteiger partial charge in [-0.15, -0.1) is 0 Å². The van der Waals surface area contributed by atoms with Crippen molar-refractivity contribution < 1.29 is 18.6 Å². The van der Waals surface area contributed by atoms with Crippen LogP contribution >= 0.6 is 14.3 Å². The summed E-state index contributed by atoms with van der Waals surface area (Å²) in [5.74, 6) is 0. The molecule has 0 saturated carbocycles. The molecule has 0 heterocycles. The Kier molecular flexibility index (Phi) is 39.2. The summed E-state index contributed by atoms with van der Waals surface area (Å²) in [6.07, 6.45) is 37.2. The Morgan fingerprint density at radius 3 is 0.880 bits per heavy atom. The summed E-state index contributed by atoms with van der Waals surface area (Å²) in [5, 5.41) is 7.06. The lowest BCUT2D eigenvalue weighted by molar-refractivity contribution is 0.0463. The molecule has 0 radical (unpaired) electrons. The topological polar surface area (TPSA) is 76.7 Å². The second-order valence-corrected chi connectivity index (χ2v) is 22.0. The molecule has 2 N–H and O–H groups in total. The van der Waals surface area contributed by atoms with Gasteiger partial charge >= 0.3 is 0 Å². The lowest BCUT2D eigenvalue weighted by Gasteiger charge is -2.19. The number of rotatable bonds is 43. The molecule has 0 rings (SSSR count). The molecular weight excluding hydrogens is 658 g/mol. The van der Waals surface area contributed by atoms with Crippen LogP contribution in [0.25, 0.3) is 0 Å². The lowest BCUT2D eigenvalue weighted by Crippen LogP contribution is -2.21. The van der Waals surface area contributed by atoms with Crippen LogP contribution in [-0.2, 0) is 18.6 Å². The van der Waals surface area contributed by atoms with Crippen molar-refractivity contribution >= 4 is 14.3 Å². The molecular formula is C42H90N2O4P2. The van der Waals surface area contributed by atoms with E-state index < -0.39 is 14.3 Å². The second kappa shape index (κ2) is 39.0. The molecule has 0 amide bonds. The van der Waals surface area contributed by atoms with Gasteiger partial charge in [-0.1, -0.05) is 156 Å². The zero-order valence-electron chi connectivity index (χ0n) is 34.4. The van der Waals surface area contributed by atoms with Gasteiger partial charge in [-0.25, -0.2) is 0 Å². The molecule has 0 aromatic carbocycles. The standard InChI is InChI=1S/C42H90N2O4P2/c1-5-9-13-17-21-25-37-49(45,38-26-22-18-14-10-6-2)41-43-31-29-33-47-35-36-48-34-30-32-44-42-50(46,39-27-23-19-15-11-7-3)40-28-24-20-16-12-8-4/h43-44H,5-42H2,1-4H3. The van der Waals surface area contributed by atoms with Gasteiger partial charge < -0.3 is 29.2 Å². The van der Waals surface area contributed by atoms with E-state index in [0.717, 1.165) is 76.3 Å². The average molecular weight is 749 g/mol. The Morgan fingerprint density at radius 1 is 0.340 bits per heavy atom. The van der Waals surface area contributed by atoms with E-state index in [4.69, 9.17) is 9.47 Å². The van der Waals surface area contributed by atoms with E-state index in [1.807, 2.05) is 0 Å². The summed E-state index contributed by atoms with van der Waals surface area (Å²) in [7, 11) is -4.27. The highest BCUT2D eigenvalue weighted by Gasteiger charge is 2.21. The number of hydrogen-bond acceptors (Lipinski definition) is 6. The molecule has 0 atom stereocenters. The SMILES string of the molecule is CCCCCCCCP(=O)(CCCCCCCC)CNCCCOCCOCCCNCP(=O)(CCCCCCCC)CCCCCCCC. The maximum Gasteiger partial charge on any atom is 0.101 e. The predicted octanol–water partition coefficient (Wildman–Crippen LogP) is 13.1. The van der Waals surface area contributed by atoms with Crippen LogP contribution in [0.1, 0.15) is 195 Å². The molecule has 8 heteroatoms. The van der Waals surface area contributed by atoms with Gasteiger partial charge in [-0.05, 0) is 51.6 Å². The monoisotopic (exact) mass is 749 g/mol. The fourth-order valence-electron chi connectivity index (χ4n) is 6.75. The van der Waals surface area contributed by atoms with E-state index in [1.165, 1.54) is 128 Å². The molecule has 6 nitrogen and oxygen atoms in total. The Bertz CT molecular complexity index is 668. The van der Waals surface area contributed by atoms with Crippen molar-refractivity contribution in [2.45, 2.75) is 195 Å². The minimum Gasteiger partial charge on any atom is -0.379 e. The predicted molar refractivity (Wildman–Crippen MR) is 225 cm³/mol. The van der Waals surface area contributed by atoms with Crippen LogP contribution in [0.4, 0.5) is 0 Å². The van der Waals surface area contributed by atoms with Crippen LogP contribution in [0, 0.1) is 0 Å². The maximum absolute atomic E-state index is 13.8. The van der Waals surface area contributed by atoms with Crippen molar-refractivity contribution in [2.24, 2.45) is 0 Å². The number of unbranched alkanes of at least 4 members (excludes halogenated alkanes) is 20. The van der Waals surface area contributed by atoms with Gasteiger partial charge in [0.25, 0.3) is 0 Å². The van der Waals surface area contributed by atoms with Gasteiger partial charge in [-0.2, -0.15) is 0 Å². The van der Waals surface area contributed by atoms with Crippen LogP contribution in [0.15, 0.2) is 0 Å². The average Bonchev–Trinajstić information content (AvgIpc) is 3.11. The molecule has 0 unspecified atom stereocenters. The van der Waals surface area contributed by atoms with E-state index in [0.29, 0.717) is 39.0 Å². The summed E-state index contributed by atoms with van der Waals surface area (Å²) >= 11 is 0. The Hall–Kier alpha value is 0.300. The molecule has 50 heavy (non-hydrogen) atoms. The summed E-state index contributed by atoms with van der Waals surface area (Å²) < 4.78 is 39.2. The molecule has 0 aromatic rings. The first kappa shape index (κ1) is 50.3. The van der Waals surface area contributed by atoms with E-state index in [9.17, 15) is 9.13 Å². The van der Waals surface area contributed by atoms with Crippen molar-refractivity contribution in [1.82, 2.24) is 10.6 Å². The minimum atomic E-state index is -2.14. The fraction of sp³-hybridized carbons (Fsp3) is 1.00. The first-order valence-corrected chi connectivity index (χ1v) is 26.7. The van der Waals surface area contributed by atoms with Crippen LogP contribution in [-0.4, -0.2) is 76.7 Å². The molecule has 0 aliphatic heterocycles. The molecule has 0 aliphatic carbocycles. The van der Waals surface area contributed by atoms with E-state index in [1.54, 1.807) is 0 Å². The molecule has 0 bridgehead atoms. The Balaban J connectivity index is 4.08. The number of nitrogens with one attached hydrogen (secondary N) is 2. The molecule has 0 aromatic heterocycles. The highest BCUT2D eigenvalue weighted by atomic mass is 31.2. The lowest BCUT2D eigenvalue weighted by atomic mass is 10.1. The highest BCUT2D eigenvalue weighted by molar-refractivity contribution is 7.64. The summed E-state index contributed by atoms with van der Waals surface area (Å²) in [6, 6.07) is 0. The van der Waals surface area contributed by atoms with Crippen molar-refractivity contribution in [3.05, 3.63) is 0 Å². The van der Waals surface area contributed by atoms with E-state index >= 15 is 0 Å². The molecule has 0 fully saturated rings. The molecule has 0 spiro atoms. The number of ether oxygens (including phenoxy) is 2. The highest BCUT2D eigenvalue weighted by Crippen LogP contribution is 2.47. The molecule has 0 saturated heterocycles. The third kappa shape index (κ3) is 35.3. The van der Waals surface area contributed by atoms with Crippen LogP contribution in [0.2, 0.25) is 0 Å². The summed E-state index contributed by atoms with van der Waals surface area (Å²) in [6.45, 7) is 13.4. The number of hydrogen-bond donors (Lipinski definition) is 2. The fourth-order valence-corrected chi connectivity index (χ4v) is 12.2. The summed E-state index contributed by atoms with van der Waals surface area (Å²) in [4.78, 5) is 0. The van der Waals surface area contributed by atoms with Crippen LogP contribution in [0.3, 0.4) is 0 Å². The summed E-state index contributed by atoms with van der Waals surface area (Å²) in [5.41, 5.74) is 0. The quantitative estimate of drug-likeness (QED) is 0.0478. The third-order valence-electron chi connectivity index (χ3n) is 10.1. The largest absolute Gasteiger partial charge is 0.379 e. The second-order valence-electron chi connectivity index (χ2n) is 15.3. The van der Waals surface area contributed by atoms with Crippen LogP contribution < -0.4 is 10.6 Å². The van der Waals surface area contributed by atoms with Crippen molar-refractivity contribution in [3.8, 4) is 0 Å². The van der Waals surface area contributed by atoms with Gasteiger partial charge in [0.2, 0.25) is 0 Å².